The number of aromatic hydroxyl groups is 1. The van der Waals surface area contributed by atoms with E-state index in [0.717, 1.165) is 5.56 Å². The quantitative estimate of drug-likeness (QED) is 0.737. The van der Waals surface area contributed by atoms with Gasteiger partial charge in [-0.05, 0) is 36.8 Å². The van der Waals surface area contributed by atoms with Gasteiger partial charge in [0.1, 0.15) is 5.75 Å². The average Bonchev–Trinajstić information content (AvgIpc) is 2.33. The Morgan fingerprint density at radius 2 is 2.18 bits per heavy atom. The first-order valence-electron chi connectivity index (χ1n) is 5.02. The van der Waals surface area contributed by atoms with E-state index in [1.807, 2.05) is 0 Å². The first-order chi connectivity index (χ1) is 8.15. The predicted molar refractivity (Wildman–Crippen MR) is 68.3 cm³/mol. The lowest BCUT2D eigenvalue weighted by atomic mass is 10.2. The molecule has 1 atom stereocenters. The fraction of sp³-hybridized carbons (Fsp3) is 0.182. The summed E-state index contributed by atoms with van der Waals surface area (Å²) in [7, 11) is 0. The summed E-state index contributed by atoms with van der Waals surface area (Å²) in [5.41, 5.74) is 3.26. The van der Waals surface area contributed by atoms with E-state index in [9.17, 15) is 4.79 Å². The van der Waals surface area contributed by atoms with Crippen LogP contribution in [0.5, 0.6) is 5.75 Å². The van der Waals surface area contributed by atoms with Crippen LogP contribution in [0.15, 0.2) is 34.4 Å². The summed E-state index contributed by atoms with van der Waals surface area (Å²) in [5.74, 6) is 0.103. The number of phenols is 1. The number of hydrogen-bond donors (Lipinski definition) is 2. The number of carbonyl (C=O) groups excluding carboxylic acids is 1. The third-order valence-electron chi connectivity index (χ3n) is 2.13. The third kappa shape index (κ3) is 3.07. The van der Waals surface area contributed by atoms with Crippen molar-refractivity contribution in [2.24, 2.45) is 10.1 Å². The smallest absolute Gasteiger partial charge is 0.253 e. The molecular weight excluding hydrogens is 238 g/mol. The van der Waals surface area contributed by atoms with Gasteiger partial charge in [-0.25, -0.2) is 10.4 Å². The summed E-state index contributed by atoms with van der Waals surface area (Å²) >= 11 is 1.31. The molecule has 0 aromatic heterocycles. The molecule has 1 aliphatic heterocycles. The molecule has 2 N–H and O–H groups in total. The number of hydrazone groups is 1. The number of phenolic OH excluding ortho intramolecular Hbond substituents is 1. The highest BCUT2D eigenvalue weighted by molar-refractivity contribution is 8.15. The second-order valence-electron chi connectivity index (χ2n) is 3.48. The van der Waals surface area contributed by atoms with Crippen LogP contribution in [0.4, 0.5) is 0 Å². The number of thioether (sulfide) groups is 1. The normalized spacial score (nSPS) is 20.2. The molecule has 17 heavy (non-hydrogen) atoms. The third-order valence-corrected chi connectivity index (χ3v) is 3.11. The van der Waals surface area contributed by atoms with Gasteiger partial charge in [0, 0.05) is 6.21 Å². The molecular formula is C11H11N3O2S. The minimum Gasteiger partial charge on any atom is -0.508 e. The Balaban J connectivity index is 2.06. The molecule has 88 valence electrons. The summed E-state index contributed by atoms with van der Waals surface area (Å²) < 4.78 is 0. The van der Waals surface area contributed by atoms with Crippen LogP contribution in [-0.4, -0.2) is 27.6 Å². The number of aliphatic imine (C=N–C) groups is 1. The summed E-state index contributed by atoms with van der Waals surface area (Å²) in [6.07, 6.45) is 1.63. The lowest BCUT2D eigenvalue weighted by Crippen LogP contribution is -2.32. The fourth-order valence-corrected chi connectivity index (χ4v) is 1.87. The molecule has 0 saturated carbocycles. The van der Waals surface area contributed by atoms with E-state index in [-0.39, 0.29) is 16.9 Å². The van der Waals surface area contributed by atoms with Crippen molar-refractivity contribution in [3.05, 3.63) is 29.8 Å². The summed E-state index contributed by atoms with van der Waals surface area (Å²) in [6.45, 7) is 1.80. The lowest BCUT2D eigenvalue weighted by Gasteiger charge is -2.13. The van der Waals surface area contributed by atoms with Gasteiger partial charge in [0.15, 0.2) is 0 Å². The average molecular weight is 249 g/mol. The highest BCUT2D eigenvalue weighted by Crippen LogP contribution is 2.17. The Morgan fingerprint density at radius 3 is 2.82 bits per heavy atom. The van der Waals surface area contributed by atoms with Crippen molar-refractivity contribution in [3.63, 3.8) is 0 Å². The van der Waals surface area contributed by atoms with E-state index in [0.29, 0.717) is 5.17 Å². The topological polar surface area (TPSA) is 74.1 Å². The van der Waals surface area contributed by atoms with E-state index in [1.54, 1.807) is 37.4 Å². The number of hydrogen-bond acceptors (Lipinski definition) is 5. The second kappa shape index (κ2) is 5.01. The van der Waals surface area contributed by atoms with Crippen LogP contribution in [0.25, 0.3) is 0 Å². The molecule has 0 fully saturated rings. The van der Waals surface area contributed by atoms with E-state index >= 15 is 0 Å². The molecule has 0 bridgehead atoms. The van der Waals surface area contributed by atoms with Gasteiger partial charge in [-0.2, -0.15) is 0 Å². The molecule has 0 radical (unpaired) electrons. The fourth-order valence-electron chi connectivity index (χ4n) is 1.18. The summed E-state index contributed by atoms with van der Waals surface area (Å²) in [4.78, 5) is 15.3. The van der Waals surface area contributed by atoms with Crippen molar-refractivity contribution in [1.29, 1.82) is 0 Å². The number of rotatable bonds is 1. The van der Waals surface area contributed by atoms with Crippen molar-refractivity contribution in [2.75, 3.05) is 0 Å². The van der Waals surface area contributed by atoms with Gasteiger partial charge in [-0.15, -0.1) is 5.10 Å². The Hall–Kier alpha value is -1.82. The van der Waals surface area contributed by atoms with Gasteiger partial charge < -0.3 is 5.11 Å². The monoisotopic (exact) mass is 249 g/mol. The van der Waals surface area contributed by atoms with Gasteiger partial charge >= 0.3 is 0 Å². The van der Waals surface area contributed by atoms with Crippen LogP contribution in [0.3, 0.4) is 0 Å². The first-order valence-corrected chi connectivity index (χ1v) is 5.90. The molecule has 1 aromatic carbocycles. The minimum atomic E-state index is -0.181. The Labute approximate surface area is 103 Å². The van der Waals surface area contributed by atoms with Crippen molar-refractivity contribution >= 4 is 29.1 Å². The maximum atomic E-state index is 11.1. The largest absolute Gasteiger partial charge is 0.508 e. The first kappa shape index (κ1) is 11.7. The molecule has 0 aliphatic carbocycles. The maximum absolute atomic E-state index is 11.1. The lowest BCUT2D eigenvalue weighted by molar-refractivity contribution is -0.120. The standard InChI is InChI=1S/C11H11N3O2S/c1-7-10(16)13-14-11(17-7)12-6-8-2-4-9(15)5-3-8/h2-7,15H,1H3,(H,13,16)/b12-6+. The molecule has 0 spiro atoms. The van der Waals surface area contributed by atoms with Crippen molar-refractivity contribution in [1.82, 2.24) is 5.43 Å². The minimum absolute atomic E-state index is 0.112. The van der Waals surface area contributed by atoms with Gasteiger partial charge in [0.25, 0.3) is 5.91 Å². The molecule has 1 heterocycles. The van der Waals surface area contributed by atoms with Gasteiger partial charge in [-0.1, -0.05) is 11.8 Å². The van der Waals surface area contributed by atoms with Gasteiger partial charge in [-0.3, -0.25) is 4.79 Å². The molecule has 0 saturated heterocycles. The van der Waals surface area contributed by atoms with Crippen LogP contribution < -0.4 is 5.43 Å². The van der Waals surface area contributed by atoms with E-state index in [2.05, 4.69) is 15.5 Å². The Morgan fingerprint density at radius 1 is 1.47 bits per heavy atom. The van der Waals surface area contributed by atoms with Crippen molar-refractivity contribution in [2.45, 2.75) is 12.2 Å². The summed E-state index contributed by atoms with van der Waals surface area (Å²) in [6, 6.07) is 6.66. The highest BCUT2D eigenvalue weighted by Gasteiger charge is 2.20. The zero-order valence-corrected chi connectivity index (χ0v) is 9.94. The van der Waals surface area contributed by atoms with Crippen molar-refractivity contribution in [3.8, 4) is 5.75 Å². The molecule has 1 aromatic rings. The predicted octanol–water partition coefficient (Wildman–Crippen LogP) is 1.33. The SMILES string of the molecule is CC1SC(/N=C/c2ccc(O)cc2)=NNC1=O. The molecule has 5 nitrogen and oxygen atoms in total. The maximum Gasteiger partial charge on any atom is 0.253 e. The molecule has 6 heteroatoms. The number of nitrogens with one attached hydrogen (secondary N) is 1. The molecule has 1 unspecified atom stereocenters. The van der Waals surface area contributed by atoms with Crippen LogP contribution in [0.1, 0.15) is 12.5 Å². The molecule has 1 amide bonds. The molecule has 2 rings (SSSR count). The number of nitrogens with zero attached hydrogens (tertiary/aromatic N) is 2. The van der Waals surface area contributed by atoms with E-state index < -0.39 is 0 Å². The van der Waals surface area contributed by atoms with Crippen LogP contribution in [0, 0.1) is 0 Å². The number of carbonyl (C=O) groups is 1. The van der Waals surface area contributed by atoms with E-state index in [1.165, 1.54) is 11.8 Å². The Bertz CT molecular complexity index is 482. The van der Waals surface area contributed by atoms with Crippen molar-refractivity contribution < 1.29 is 9.90 Å². The second-order valence-corrected chi connectivity index (χ2v) is 4.79. The zero-order chi connectivity index (χ0) is 12.3. The summed E-state index contributed by atoms with van der Waals surface area (Å²) in [5, 5.41) is 13.3. The van der Waals surface area contributed by atoms with Crippen LogP contribution in [-0.2, 0) is 4.79 Å². The zero-order valence-electron chi connectivity index (χ0n) is 9.12. The van der Waals surface area contributed by atoms with E-state index in [4.69, 9.17) is 5.11 Å². The number of amides is 1. The van der Waals surface area contributed by atoms with Gasteiger partial charge in [0.05, 0.1) is 5.25 Å². The van der Waals surface area contributed by atoms with Crippen LogP contribution in [0.2, 0.25) is 0 Å². The Kier molecular flexibility index (Phi) is 3.43. The number of benzene rings is 1. The number of amidine groups is 1. The van der Waals surface area contributed by atoms with Crippen LogP contribution >= 0.6 is 11.8 Å². The molecule has 1 aliphatic rings. The highest BCUT2D eigenvalue weighted by atomic mass is 32.2. The van der Waals surface area contributed by atoms with Gasteiger partial charge in [0.2, 0.25) is 5.17 Å².